The molecule has 0 bridgehead atoms. The normalized spacial score (nSPS) is 18.8. The highest BCUT2D eigenvalue weighted by Gasteiger charge is 2.47. The zero-order chi connectivity index (χ0) is 21.1. The minimum atomic E-state index is -0.767. The summed E-state index contributed by atoms with van der Waals surface area (Å²) in [4.78, 5) is 28.9. The van der Waals surface area contributed by atoms with Gasteiger partial charge in [0.05, 0.1) is 17.9 Å². The molecule has 1 aromatic carbocycles. The van der Waals surface area contributed by atoms with Crippen LogP contribution in [0.4, 0.5) is 0 Å². The fraction of sp³-hybridized carbons (Fsp3) is 0.364. The van der Waals surface area contributed by atoms with Gasteiger partial charge in [-0.15, -0.1) is 0 Å². The Morgan fingerprint density at radius 3 is 2.45 bits per heavy atom. The molecule has 2 aromatic rings. The third kappa shape index (κ3) is 4.35. The van der Waals surface area contributed by atoms with Crippen molar-refractivity contribution < 1.29 is 23.8 Å². The molecule has 7 nitrogen and oxygen atoms in total. The molecule has 3 rings (SSSR count). The molecule has 1 amide bonds. The monoisotopic (exact) mass is 398 g/mol. The number of amides is 1. The molecule has 0 aliphatic carbocycles. The van der Waals surface area contributed by atoms with Crippen molar-refractivity contribution in [2.75, 3.05) is 27.2 Å². The van der Waals surface area contributed by atoms with Crippen LogP contribution in [0.15, 0.2) is 52.7 Å². The summed E-state index contributed by atoms with van der Waals surface area (Å²) in [5.41, 5.74) is 0.463. The second-order valence-corrected chi connectivity index (χ2v) is 7.50. The Bertz CT molecular complexity index is 898. The number of aliphatic hydroxyl groups excluding tert-OH is 1. The number of ether oxygens (including phenoxy) is 1. The molecule has 1 fully saturated rings. The molecule has 1 saturated heterocycles. The Kier molecular flexibility index (Phi) is 6.08. The van der Waals surface area contributed by atoms with Crippen molar-refractivity contribution in [2.45, 2.75) is 26.0 Å². The molecule has 7 heteroatoms. The van der Waals surface area contributed by atoms with Gasteiger partial charge in [-0.25, -0.2) is 0 Å². The number of likely N-dealkylation sites (N-methyl/N-ethyl adjacent to an activating group) is 1. The first kappa shape index (κ1) is 20.7. The molecular weight excluding hydrogens is 372 g/mol. The summed E-state index contributed by atoms with van der Waals surface area (Å²) in [6.07, 6.45) is 1.51. The minimum Gasteiger partial charge on any atom is -0.507 e. The van der Waals surface area contributed by atoms with Gasteiger partial charge in [-0.3, -0.25) is 9.59 Å². The van der Waals surface area contributed by atoms with Gasteiger partial charge in [0, 0.05) is 18.7 Å². The van der Waals surface area contributed by atoms with Crippen molar-refractivity contribution in [1.82, 2.24) is 9.80 Å². The lowest BCUT2D eigenvalue weighted by Crippen LogP contribution is -2.35. The van der Waals surface area contributed by atoms with Crippen molar-refractivity contribution in [3.05, 3.63) is 59.6 Å². The summed E-state index contributed by atoms with van der Waals surface area (Å²) in [5, 5.41) is 10.9. The van der Waals surface area contributed by atoms with Crippen LogP contribution in [0.3, 0.4) is 0 Å². The van der Waals surface area contributed by atoms with Gasteiger partial charge < -0.3 is 24.1 Å². The molecule has 0 saturated carbocycles. The van der Waals surface area contributed by atoms with E-state index in [0.717, 1.165) is 0 Å². The van der Waals surface area contributed by atoms with Crippen molar-refractivity contribution in [1.29, 1.82) is 0 Å². The van der Waals surface area contributed by atoms with E-state index >= 15 is 0 Å². The van der Waals surface area contributed by atoms with E-state index in [4.69, 9.17) is 9.15 Å². The van der Waals surface area contributed by atoms with E-state index in [2.05, 4.69) is 0 Å². The number of hydrogen-bond donors (Lipinski definition) is 1. The zero-order valence-corrected chi connectivity index (χ0v) is 17.1. The van der Waals surface area contributed by atoms with Crippen LogP contribution >= 0.6 is 0 Å². The van der Waals surface area contributed by atoms with Gasteiger partial charge >= 0.3 is 0 Å². The Hall–Kier alpha value is -3.06. The molecule has 1 aromatic heterocycles. The number of ketones is 1. The van der Waals surface area contributed by atoms with Crippen LogP contribution in [-0.2, 0) is 9.59 Å². The molecule has 0 spiro atoms. The number of rotatable bonds is 7. The molecule has 1 N–H and O–H groups in total. The maximum absolute atomic E-state index is 12.8. The first-order valence-corrected chi connectivity index (χ1v) is 9.53. The van der Waals surface area contributed by atoms with Crippen LogP contribution < -0.4 is 4.74 Å². The van der Waals surface area contributed by atoms with Gasteiger partial charge in [0.15, 0.2) is 0 Å². The predicted molar refractivity (Wildman–Crippen MR) is 108 cm³/mol. The van der Waals surface area contributed by atoms with Gasteiger partial charge in [-0.05, 0) is 64.3 Å². The SMILES string of the molecule is CC(C)Oc1ccc(C(O)=C2C(=O)C(=O)N(CCN(C)C)[C@@H]2c2ccco2)cc1. The highest BCUT2D eigenvalue weighted by atomic mass is 16.5. The Labute approximate surface area is 170 Å². The number of carbonyl (C=O) groups is 2. The number of nitrogens with zero attached hydrogens (tertiary/aromatic N) is 2. The summed E-state index contributed by atoms with van der Waals surface area (Å²) in [7, 11) is 3.78. The molecule has 29 heavy (non-hydrogen) atoms. The predicted octanol–water partition coefficient (Wildman–Crippen LogP) is 3.05. The number of furan rings is 1. The van der Waals surface area contributed by atoms with Crippen LogP contribution in [0, 0.1) is 0 Å². The van der Waals surface area contributed by atoms with E-state index in [1.807, 2.05) is 32.8 Å². The highest BCUT2D eigenvalue weighted by Crippen LogP contribution is 2.39. The summed E-state index contributed by atoms with van der Waals surface area (Å²) >= 11 is 0. The summed E-state index contributed by atoms with van der Waals surface area (Å²) in [5.74, 6) is -0.497. The molecule has 0 radical (unpaired) electrons. The van der Waals surface area contributed by atoms with Crippen LogP contribution in [-0.4, -0.2) is 59.9 Å². The Balaban J connectivity index is 2.02. The number of carbonyl (C=O) groups excluding carboxylic acids is 2. The smallest absolute Gasteiger partial charge is 0.295 e. The quantitative estimate of drug-likeness (QED) is 0.438. The van der Waals surface area contributed by atoms with Gasteiger partial charge in [0.1, 0.15) is 23.3 Å². The fourth-order valence-electron chi connectivity index (χ4n) is 3.28. The Morgan fingerprint density at radius 2 is 1.90 bits per heavy atom. The summed E-state index contributed by atoms with van der Waals surface area (Å²) < 4.78 is 11.1. The van der Waals surface area contributed by atoms with Gasteiger partial charge in [0.2, 0.25) is 0 Å². The van der Waals surface area contributed by atoms with Gasteiger partial charge in [-0.1, -0.05) is 0 Å². The van der Waals surface area contributed by atoms with Crippen molar-refractivity contribution in [3.63, 3.8) is 0 Å². The van der Waals surface area contributed by atoms with E-state index in [1.165, 1.54) is 11.2 Å². The second kappa shape index (κ2) is 8.53. The molecule has 1 aliphatic rings. The first-order valence-electron chi connectivity index (χ1n) is 9.53. The lowest BCUT2D eigenvalue weighted by molar-refractivity contribution is -0.140. The molecule has 154 valence electrons. The van der Waals surface area contributed by atoms with E-state index in [0.29, 0.717) is 30.2 Å². The average molecular weight is 398 g/mol. The number of aliphatic hydroxyl groups is 1. The van der Waals surface area contributed by atoms with Gasteiger partial charge in [0.25, 0.3) is 11.7 Å². The second-order valence-electron chi connectivity index (χ2n) is 7.50. The first-order chi connectivity index (χ1) is 13.8. The lowest BCUT2D eigenvalue weighted by atomic mass is 9.99. The minimum absolute atomic E-state index is 0.0235. The maximum Gasteiger partial charge on any atom is 0.295 e. The number of likely N-dealkylation sites (tertiary alicyclic amines) is 1. The van der Waals surface area contributed by atoms with E-state index in [9.17, 15) is 14.7 Å². The lowest BCUT2D eigenvalue weighted by Gasteiger charge is -2.24. The third-order valence-electron chi connectivity index (χ3n) is 4.64. The van der Waals surface area contributed by atoms with E-state index in [-0.39, 0.29) is 17.4 Å². The summed E-state index contributed by atoms with van der Waals surface area (Å²) in [6, 6.07) is 9.40. The standard InChI is InChI=1S/C22H26N2O5/c1-14(2)29-16-9-7-15(8-10-16)20(25)18-19(17-6-5-13-28-17)24(12-11-23(3)4)22(27)21(18)26/h5-10,13-14,19,25H,11-12H2,1-4H3/t19-/m1/s1. The maximum atomic E-state index is 12.8. The van der Waals surface area contributed by atoms with Crippen LogP contribution in [0.5, 0.6) is 5.75 Å². The highest BCUT2D eigenvalue weighted by molar-refractivity contribution is 6.46. The van der Waals surface area contributed by atoms with E-state index in [1.54, 1.807) is 36.4 Å². The van der Waals surface area contributed by atoms with Crippen molar-refractivity contribution in [2.24, 2.45) is 0 Å². The van der Waals surface area contributed by atoms with Crippen LogP contribution in [0.1, 0.15) is 31.2 Å². The molecule has 0 unspecified atom stereocenters. The number of Topliss-reactive ketones (excluding diaryl/α,β-unsaturated/α-hetero) is 1. The molecule has 1 atom stereocenters. The van der Waals surface area contributed by atoms with Crippen molar-refractivity contribution in [3.8, 4) is 5.75 Å². The summed E-state index contributed by atoms with van der Waals surface area (Å²) in [6.45, 7) is 4.76. The van der Waals surface area contributed by atoms with Gasteiger partial charge in [-0.2, -0.15) is 0 Å². The third-order valence-corrected chi connectivity index (χ3v) is 4.64. The molecular formula is C22H26N2O5. The van der Waals surface area contributed by atoms with Crippen LogP contribution in [0.2, 0.25) is 0 Å². The van der Waals surface area contributed by atoms with Crippen LogP contribution in [0.25, 0.3) is 5.76 Å². The van der Waals surface area contributed by atoms with Crippen molar-refractivity contribution >= 4 is 17.4 Å². The largest absolute Gasteiger partial charge is 0.507 e. The number of benzene rings is 1. The Morgan fingerprint density at radius 1 is 1.21 bits per heavy atom. The topological polar surface area (TPSA) is 83.2 Å². The fourth-order valence-corrected chi connectivity index (χ4v) is 3.28. The van der Waals surface area contributed by atoms with E-state index < -0.39 is 17.7 Å². The molecule has 1 aliphatic heterocycles. The number of hydrogen-bond acceptors (Lipinski definition) is 6. The average Bonchev–Trinajstić information content (AvgIpc) is 3.27. The molecule has 2 heterocycles. The zero-order valence-electron chi connectivity index (χ0n) is 17.1.